The van der Waals surface area contributed by atoms with Crippen molar-refractivity contribution >= 4 is 5.96 Å². The van der Waals surface area contributed by atoms with Crippen molar-refractivity contribution in [2.45, 2.75) is 71.3 Å². The summed E-state index contributed by atoms with van der Waals surface area (Å²) in [6.45, 7) is 7.53. The van der Waals surface area contributed by atoms with E-state index < -0.39 is 6.43 Å². The van der Waals surface area contributed by atoms with Crippen LogP contribution in [0.2, 0.25) is 0 Å². The summed E-state index contributed by atoms with van der Waals surface area (Å²) in [4.78, 5) is 6.61. The molecule has 0 aromatic rings. The minimum Gasteiger partial charge on any atom is -0.357 e. The number of alkyl halides is 2. The van der Waals surface area contributed by atoms with E-state index in [0.717, 1.165) is 56.8 Å². The molecule has 1 aliphatic heterocycles. The molecule has 2 N–H and O–H groups in total. The van der Waals surface area contributed by atoms with Gasteiger partial charge in [-0.2, -0.15) is 0 Å². The summed E-state index contributed by atoms with van der Waals surface area (Å²) in [6, 6.07) is 0.335. The summed E-state index contributed by atoms with van der Waals surface area (Å²) in [7, 11) is 0. The number of hydrogen-bond acceptors (Lipinski definition) is 2. The van der Waals surface area contributed by atoms with Gasteiger partial charge in [0.2, 0.25) is 0 Å². The Morgan fingerprint density at radius 1 is 1.20 bits per heavy atom. The molecule has 1 saturated heterocycles. The van der Waals surface area contributed by atoms with Gasteiger partial charge in [0.1, 0.15) is 0 Å². The molecule has 0 aromatic carbocycles. The number of likely N-dealkylation sites (tertiary alicyclic amines) is 1. The van der Waals surface area contributed by atoms with Crippen molar-refractivity contribution in [2.24, 2.45) is 16.8 Å². The Hall–Kier alpha value is -0.910. The number of aliphatic imine (C=N–C) groups is 1. The van der Waals surface area contributed by atoms with Crippen LogP contribution in [-0.4, -0.2) is 56.1 Å². The van der Waals surface area contributed by atoms with Gasteiger partial charge in [-0.25, -0.2) is 8.78 Å². The molecule has 0 aromatic heterocycles. The van der Waals surface area contributed by atoms with Gasteiger partial charge in [0.15, 0.2) is 5.96 Å². The molecule has 1 saturated carbocycles. The Labute approximate surface area is 151 Å². The van der Waals surface area contributed by atoms with Gasteiger partial charge in [0.05, 0.1) is 6.54 Å². The quantitative estimate of drug-likeness (QED) is 0.541. The molecule has 0 spiro atoms. The Kier molecular flexibility index (Phi) is 8.93. The number of nitrogens with one attached hydrogen (secondary N) is 2. The SMILES string of the molecule is CCNC(=NCCC1CCCC(C)C1)NC1CCN(CC(F)F)CC1. The summed E-state index contributed by atoms with van der Waals surface area (Å²) in [5.41, 5.74) is 0. The monoisotopic (exact) mass is 358 g/mol. The standard InChI is InChI=1S/C19H36F2N4/c1-3-22-19(23-10-7-16-6-4-5-15(2)13-16)24-17-8-11-25(12-9-17)14-18(20)21/h15-18H,3-14H2,1-2H3,(H2,22,23,24). The number of piperidine rings is 1. The zero-order chi connectivity index (χ0) is 18.1. The predicted molar refractivity (Wildman–Crippen MR) is 100 cm³/mol. The van der Waals surface area contributed by atoms with Crippen LogP contribution in [0.4, 0.5) is 8.78 Å². The molecule has 2 unspecified atom stereocenters. The van der Waals surface area contributed by atoms with E-state index in [1.165, 1.54) is 32.1 Å². The van der Waals surface area contributed by atoms with Crippen LogP contribution in [0.5, 0.6) is 0 Å². The van der Waals surface area contributed by atoms with E-state index in [1.54, 1.807) is 0 Å². The van der Waals surface area contributed by atoms with Gasteiger partial charge in [0.25, 0.3) is 6.43 Å². The fraction of sp³-hybridized carbons (Fsp3) is 0.947. The first-order chi connectivity index (χ1) is 12.1. The number of hydrogen-bond donors (Lipinski definition) is 2. The molecule has 4 nitrogen and oxygen atoms in total. The molecule has 146 valence electrons. The first-order valence-corrected chi connectivity index (χ1v) is 10.1. The van der Waals surface area contributed by atoms with Gasteiger partial charge in [-0.05, 0) is 44.4 Å². The smallest absolute Gasteiger partial charge is 0.251 e. The van der Waals surface area contributed by atoms with E-state index in [0.29, 0.717) is 6.04 Å². The average Bonchev–Trinajstić information content (AvgIpc) is 2.56. The highest BCUT2D eigenvalue weighted by atomic mass is 19.3. The maximum absolute atomic E-state index is 12.5. The van der Waals surface area contributed by atoms with Crippen molar-refractivity contribution in [2.75, 3.05) is 32.7 Å². The third-order valence-corrected chi connectivity index (χ3v) is 5.52. The Bertz CT molecular complexity index is 395. The highest BCUT2D eigenvalue weighted by Crippen LogP contribution is 2.30. The highest BCUT2D eigenvalue weighted by Gasteiger charge is 2.22. The van der Waals surface area contributed by atoms with Gasteiger partial charge in [-0.15, -0.1) is 0 Å². The van der Waals surface area contributed by atoms with Gasteiger partial charge in [-0.1, -0.05) is 26.2 Å². The van der Waals surface area contributed by atoms with Crippen LogP contribution in [0.1, 0.15) is 58.8 Å². The van der Waals surface area contributed by atoms with Gasteiger partial charge >= 0.3 is 0 Å². The lowest BCUT2D eigenvalue weighted by molar-refractivity contribution is 0.0744. The second-order valence-electron chi connectivity index (χ2n) is 7.80. The maximum atomic E-state index is 12.5. The van der Waals surface area contributed by atoms with Crippen LogP contribution >= 0.6 is 0 Å². The zero-order valence-corrected chi connectivity index (χ0v) is 15.9. The van der Waals surface area contributed by atoms with Crippen LogP contribution in [0.3, 0.4) is 0 Å². The first-order valence-electron chi connectivity index (χ1n) is 10.1. The minimum atomic E-state index is -2.23. The fourth-order valence-corrected chi connectivity index (χ4v) is 4.15. The van der Waals surface area contributed by atoms with E-state index in [9.17, 15) is 8.78 Å². The lowest BCUT2D eigenvalue weighted by Gasteiger charge is -2.32. The zero-order valence-electron chi connectivity index (χ0n) is 15.9. The van der Waals surface area contributed by atoms with E-state index >= 15 is 0 Å². The molecule has 1 heterocycles. The third-order valence-electron chi connectivity index (χ3n) is 5.52. The molecular formula is C19H36F2N4. The van der Waals surface area contributed by atoms with Crippen molar-refractivity contribution in [3.8, 4) is 0 Å². The van der Waals surface area contributed by atoms with Crippen LogP contribution in [-0.2, 0) is 0 Å². The summed E-state index contributed by atoms with van der Waals surface area (Å²) in [5.74, 6) is 2.58. The molecular weight excluding hydrogens is 322 g/mol. The highest BCUT2D eigenvalue weighted by molar-refractivity contribution is 5.80. The van der Waals surface area contributed by atoms with Crippen molar-refractivity contribution in [3.05, 3.63) is 0 Å². The van der Waals surface area contributed by atoms with Gasteiger partial charge < -0.3 is 10.6 Å². The average molecular weight is 359 g/mol. The largest absolute Gasteiger partial charge is 0.357 e. The molecule has 2 atom stereocenters. The van der Waals surface area contributed by atoms with E-state index in [4.69, 9.17) is 4.99 Å². The normalized spacial score (nSPS) is 26.8. The molecule has 0 radical (unpaired) electrons. The summed E-state index contributed by atoms with van der Waals surface area (Å²) in [6.07, 6.45) is 6.20. The van der Waals surface area contributed by atoms with Crippen LogP contribution in [0, 0.1) is 11.8 Å². The third kappa shape index (κ3) is 7.89. The minimum absolute atomic E-state index is 0.0965. The van der Waals surface area contributed by atoms with Crippen LogP contribution < -0.4 is 10.6 Å². The second kappa shape index (κ2) is 10.9. The molecule has 0 bridgehead atoms. The summed E-state index contributed by atoms with van der Waals surface area (Å²) < 4.78 is 24.9. The molecule has 2 fully saturated rings. The fourth-order valence-electron chi connectivity index (χ4n) is 4.15. The summed E-state index contributed by atoms with van der Waals surface area (Å²) in [5, 5.41) is 6.83. The summed E-state index contributed by atoms with van der Waals surface area (Å²) >= 11 is 0. The Balaban J connectivity index is 1.72. The van der Waals surface area contributed by atoms with E-state index in [2.05, 4.69) is 24.5 Å². The molecule has 6 heteroatoms. The van der Waals surface area contributed by atoms with E-state index in [1.807, 2.05) is 4.90 Å². The lowest BCUT2D eigenvalue weighted by Crippen LogP contribution is -2.49. The molecule has 2 rings (SSSR count). The number of halogens is 2. The predicted octanol–water partition coefficient (Wildman–Crippen LogP) is 3.49. The van der Waals surface area contributed by atoms with Gasteiger partial charge in [0, 0.05) is 32.2 Å². The topological polar surface area (TPSA) is 39.7 Å². The van der Waals surface area contributed by atoms with E-state index in [-0.39, 0.29) is 6.54 Å². The van der Waals surface area contributed by atoms with Crippen molar-refractivity contribution in [1.82, 2.24) is 15.5 Å². The molecule has 1 aliphatic carbocycles. The van der Waals surface area contributed by atoms with Gasteiger partial charge in [-0.3, -0.25) is 9.89 Å². The van der Waals surface area contributed by atoms with Crippen LogP contribution in [0.15, 0.2) is 4.99 Å². The number of nitrogens with zero attached hydrogens (tertiary/aromatic N) is 2. The molecule has 2 aliphatic rings. The molecule has 25 heavy (non-hydrogen) atoms. The first kappa shape index (κ1) is 20.4. The number of rotatable bonds is 7. The Morgan fingerprint density at radius 2 is 1.96 bits per heavy atom. The van der Waals surface area contributed by atoms with Crippen LogP contribution in [0.25, 0.3) is 0 Å². The number of guanidine groups is 1. The maximum Gasteiger partial charge on any atom is 0.251 e. The van der Waals surface area contributed by atoms with Crippen molar-refractivity contribution in [1.29, 1.82) is 0 Å². The van der Waals surface area contributed by atoms with Crippen molar-refractivity contribution in [3.63, 3.8) is 0 Å². The lowest BCUT2D eigenvalue weighted by atomic mass is 9.81. The van der Waals surface area contributed by atoms with Crippen molar-refractivity contribution < 1.29 is 8.78 Å². The molecule has 0 amide bonds. The Morgan fingerprint density at radius 3 is 2.60 bits per heavy atom. The second-order valence-corrected chi connectivity index (χ2v) is 7.80.